The monoisotopic (exact) mass is 327 g/mol. The second kappa shape index (κ2) is 5.11. The Hall–Kier alpha value is -1.37. The number of halogens is 1. The normalized spacial score (nSPS) is 9.88. The first-order valence-corrected chi connectivity index (χ1v) is 5.79. The Morgan fingerprint density at radius 3 is 2.94 bits per heavy atom. The first-order chi connectivity index (χ1) is 7.78. The van der Waals surface area contributed by atoms with E-state index < -0.39 is 0 Å². The van der Waals surface area contributed by atoms with Gasteiger partial charge in [0.05, 0.1) is 12.4 Å². The van der Waals surface area contributed by atoms with Gasteiger partial charge >= 0.3 is 0 Å². The van der Waals surface area contributed by atoms with E-state index in [1.165, 1.54) is 0 Å². The Morgan fingerprint density at radius 2 is 2.19 bits per heavy atom. The molecule has 0 aliphatic carbocycles. The number of nitrogens with zero attached hydrogens (tertiary/aromatic N) is 2. The zero-order valence-electron chi connectivity index (χ0n) is 8.64. The minimum absolute atomic E-state index is 0.480. The first kappa shape index (κ1) is 11.1. The summed E-state index contributed by atoms with van der Waals surface area (Å²) in [6.07, 6.45) is 3.22. The molecule has 2 rings (SSSR count). The van der Waals surface area contributed by atoms with Crippen molar-refractivity contribution in [2.24, 2.45) is 0 Å². The van der Waals surface area contributed by atoms with Gasteiger partial charge in [0.25, 0.3) is 0 Å². The molecule has 0 aliphatic heterocycles. The van der Waals surface area contributed by atoms with Crippen molar-refractivity contribution < 1.29 is 4.74 Å². The summed E-state index contributed by atoms with van der Waals surface area (Å²) in [5.74, 6) is 1.92. The van der Waals surface area contributed by atoms with Crippen molar-refractivity contribution in [3.63, 3.8) is 0 Å². The van der Waals surface area contributed by atoms with Crippen LogP contribution in [0.2, 0.25) is 0 Å². The SMILES string of the molecule is CNc1cncc(Oc2cccc(I)c2)n1. The average Bonchev–Trinajstić information content (AvgIpc) is 2.29. The molecule has 0 radical (unpaired) electrons. The summed E-state index contributed by atoms with van der Waals surface area (Å²) in [4.78, 5) is 8.24. The van der Waals surface area contributed by atoms with Gasteiger partial charge in [0, 0.05) is 10.6 Å². The van der Waals surface area contributed by atoms with Crippen LogP contribution in [0.3, 0.4) is 0 Å². The van der Waals surface area contributed by atoms with Gasteiger partial charge in [0.2, 0.25) is 5.88 Å². The summed E-state index contributed by atoms with van der Waals surface area (Å²) >= 11 is 2.23. The van der Waals surface area contributed by atoms with E-state index in [1.54, 1.807) is 19.4 Å². The predicted octanol–water partition coefficient (Wildman–Crippen LogP) is 2.92. The molecule has 16 heavy (non-hydrogen) atoms. The average molecular weight is 327 g/mol. The van der Waals surface area contributed by atoms with Gasteiger partial charge in [-0.25, -0.2) is 0 Å². The standard InChI is InChI=1S/C11H10IN3O/c1-13-10-6-14-7-11(15-10)16-9-4-2-3-8(12)5-9/h2-7H,1H3,(H,13,15). The summed E-state index contributed by atoms with van der Waals surface area (Å²) in [6, 6.07) is 7.76. The van der Waals surface area contributed by atoms with Crippen LogP contribution < -0.4 is 10.1 Å². The number of benzene rings is 1. The van der Waals surface area contributed by atoms with Gasteiger partial charge in [-0.3, -0.25) is 4.98 Å². The van der Waals surface area contributed by atoms with Crippen molar-refractivity contribution in [2.45, 2.75) is 0 Å². The highest BCUT2D eigenvalue weighted by Crippen LogP contribution is 2.21. The number of hydrogen-bond acceptors (Lipinski definition) is 4. The van der Waals surface area contributed by atoms with E-state index in [0.717, 1.165) is 9.32 Å². The lowest BCUT2D eigenvalue weighted by Gasteiger charge is -2.05. The zero-order chi connectivity index (χ0) is 11.4. The summed E-state index contributed by atoms with van der Waals surface area (Å²) in [6.45, 7) is 0. The van der Waals surface area contributed by atoms with Gasteiger partial charge in [0.1, 0.15) is 11.6 Å². The number of rotatable bonds is 3. The van der Waals surface area contributed by atoms with E-state index in [-0.39, 0.29) is 0 Å². The van der Waals surface area contributed by atoms with E-state index in [1.807, 2.05) is 24.3 Å². The molecule has 0 bridgehead atoms. The zero-order valence-corrected chi connectivity index (χ0v) is 10.8. The first-order valence-electron chi connectivity index (χ1n) is 4.71. The highest BCUT2D eigenvalue weighted by molar-refractivity contribution is 14.1. The number of ether oxygens (including phenoxy) is 1. The minimum atomic E-state index is 0.480. The molecule has 0 spiro atoms. The molecule has 0 fully saturated rings. The molecule has 4 nitrogen and oxygen atoms in total. The number of hydrogen-bond donors (Lipinski definition) is 1. The van der Waals surface area contributed by atoms with Gasteiger partial charge in [-0.05, 0) is 40.8 Å². The van der Waals surface area contributed by atoms with Crippen molar-refractivity contribution in [1.29, 1.82) is 0 Å². The molecular formula is C11H10IN3O. The number of nitrogens with one attached hydrogen (secondary N) is 1. The second-order valence-electron chi connectivity index (χ2n) is 3.05. The third-order valence-electron chi connectivity index (χ3n) is 1.89. The molecule has 1 aromatic heterocycles. The van der Waals surface area contributed by atoms with Crippen LogP contribution in [0.4, 0.5) is 5.82 Å². The molecule has 0 unspecified atom stereocenters. The summed E-state index contributed by atoms with van der Waals surface area (Å²) < 4.78 is 6.70. The molecule has 0 aliphatic rings. The van der Waals surface area contributed by atoms with Crippen LogP contribution in [0.1, 0.15) is 0 Å². The fourth-order valence-electron chi connectivity index (χ4n) is 1.17. The van der Waals surface area contributed by atoms with Crippen molar-refractivity contribution in [3.8, 4) is 11.6 Å². The lowest BCUT2D eigenvalue weighted by molar-refractivity contribution is 0.460. The summed E-state index contributed by atoms with van der Waals surface area (Å²) in [5, 5.41) is 2.91. The third kappa shape index (κ3) is 2.82. The quantitative estimate of drug-likeness (QED) is 0.881. The fraction of sp³-hybridized carbons (Fsp3) is 0.0909. The summed E-state index contributed by atoms with van der Waals surface area (Å²) in [7, 11) is 1.79. The van der Waals surface area contributed by atoms with Gasteiger partial charge < -0.3 is 10.1 Å². The van der Waals surface area contributed by atoms with Crippen molar-refractivity contribution in [1.82, 2.24) is 9.97 Å². The molecule has 2 aromatic rings. The van der Waals surface area contributed by atoms with Gasteiger partial charge in [-0.15, -0.1) is 0 Å². The van der Waals surface area contributed by atoms with E-state index in [0.29, 0.717) is 11.7 Å². The molecular weight excluding hydrogens is 317 g/mol. The van der Waals surface area contributed by atoms with Crippen LogP contribution in [0.25, 0.3) is 0 Å². The van der Waals surface area contributed by atoms with Gasteiger partial charge in [-0.1, -0.05) is 6.07 Å². The van der Waals surface area contributed by atoms with Crippen molar-refractivity contribution >= 4 is 28.4 Å². The molecule has 0 saturated heterocycles. The van der Waals surface area contributed by atoms with Gasteiger partial charge in [0.15, 0.2) is 0 Å². The molecule has 1 heterocycles. The van der Waals surface area contributed by atoms with E-state index in [2.05, 4.69) is 37.9 Å². The Balaban J connectivity index is 2.20. The Kier molecular flexibility index (Phi) is 3.55. The fourth-order valence-corrected chi connectivity index (χ4v) is 1.68. The highest BCUT2D eigenvalue weighted by atomic mass is 127. The maximum atomic E-state index is 5.58. The smallest absolute Gasteiger partial charge is 0.239 e. The van der Waals surface area contributed by atoms with E-state index in [4.69, 9.17) is 4.74 Å². The van der Waals surface area contributed by atoms with Crippen molar-refractivity contribution in [3.05, 3.63) is 40.2 Å². The van der Waals surface area contributed by atoms with Crippen molar-refractivity contribution in [2.75, 3.05) is 12.4 Å². The van der Waals surface area contributed by atoms with E-state index in [9.17, 15) is 0 Å². The topological polar surface area (TPSA) is 47.0 Å². The van der Waals surface area contributed by atoms with Crippen LogP contribution >= 0.6 is 22.6 Å². The van der Waals surface area contributed by atoms with Crippen LogP contribution in [0.15, 0.2) is 36.7 Å². The highest BCUT2D eigenvalue weighted by Gasteiger charge is 2.00. The maximum absolute atomic E-state index is 5.58. The van der Waals surface area contributed by atoms with Gasteiger partial charge in [-0.2, -0.15) is 4.98 Å². The molecule has 1 aromatic carbocycles. The van der Waals surface area contributed by atoms with E-state index >= 15 is 0 Å². The molecule has 1 N–H and O–H groups in total. The Morgan fingerprint density at radius 1 is 1.31 bits per heavy atom. The maximum Gasteiger partial charge on any atom is 0.239 e. The Bertz CT molecular complexity index is 490. The molecule has 0 saturated carbocycles. The lowest BCUT2D eigenvalue weighted by atomic mass is 10.3. The second-order valence-corrected chi connectivity index (χ2v) is 4.30. The van der Waals surface area contributed by atoms with Crippen LogP contribution in [0, 0.1) is 3.57 Å². The minimum Gasteiger partial charge on any atom is -0.437 e. The predicted molar refractivity (Wildman–Crippen MR) is 70.8 cm³/mol. The molecule has 82 valence electrons. The largest absolute Gasteiger partial charge is 0.437 e. The molecule has 5 heteroatoms. The van der Waals surface area contributed by atoms with Crippen LogP contribution in [0.5, 0.6) is 11.6 Å². The van der Waals surface area contributed by atoms with Crippen LogP contribution in [-0.4, -0.2) is 17.0 Å². The number of aromatic nitrogens is 2. The van der Waals surface area contributed by atoms with Crippen LogP contribution in [-0.2, 0) is 0 Å². The third-order valence-corrected chi connectivity index (χ3v) is 2.56. The molecule has 0 atom stereocenters. The lowest BCUT2D eigenvalue weighted by Crippen LogP contribution is -1.95. The Labute approximate surface area is 107 Å². The molecule has 0 amide bonds. The number of anilines is 1. The summed E-state index contributed by atoms with van der Waals surface area (Å²) in [5.41, 5.74) is 0.